The second kappa shape index (κ2) is 5.59. The van der Waals surface area contributed by atoms with Crippen molar-refractivity contribution in [2.45, 2.75) is 33.1 Å². The predicted molar refractivity (Wildman–Crippen MR) is 77.3 cm³/mol. The first-order valence-corrected chi connectivity index (χ1v) is 7.01. The molecule has 0 aliphatic carbocycles. The van der Waals surface area contributed by atoms with Gasteiger partial charge in [0.05, 0.1) is 0 Å². The van der Waals surface area contributed by atoms with Gasteiger partial charge in [0.1, 0.15) is 5.69 Å². The summed E-state index contributed by atoms with van der Waals surface area (Å²) in [5, 5.41) is 3.04. The standard InChI is InChI=1S/C15H23N3O/c1-4-15(2)6-9-18(10-7-15)14(19)13-11-12(16-3)5-8-17-13/h5,8,11H,4,6-7,9-10H2,1-3H3,(H,16,17). The van der Waals surface area contributed by atoms with Crippen LogP contribution in [0.1, 0.15) is 43.6 Å². The van der Waals surface area contributed by atoms with Crippen molar-refractivity contribution in [1.82, 2.24) is 9.88 Å². The molecule has 0 bridgehead atoms. The Kier molecular flexibility index (Phi) is 4.08. The lowest BCUT2D eigenvalue weighted by Crippen LogP contribution is -2.42. The van der Waals surface area contributed by atoms with E-state index in [-0.39, 0.29) is 5.91 Å². The number of nitrogens with zero attached hydrogens (tertiary/aromatic N) is 2. The fourth-order valence-corrected chi connectivity index (χ4v) is 2.47. The van der Waals surface area contributed by atoms with Crippen molar-refractivity contribution in [2.75, 3.05) is 25.5 Å². The van der Waals surface area contributed by atoms with E-state index >= 15 is 0 Å². The topological polar surface area (TPSA) is 45.2 Å². The molecule has 0 saturated carbocycles. The number of pyridine rings is 1. The van der Waals surface area contributed by atoms with Crippen molar-refractivity contribution in [3.05, 3.63) is 24.0 Å². The van der Waals surface area contributed by atoms with Crippen LogP contribution in [-0.2, 0) is 0 Å². The molecule has 1 saturated heterocycles. The van der Waals surface area contributed by atoms with E-state index in [1.54, 1.807) is 6.20 Å². The lowest BCUT2D eigenvalue weighted by Gasteiger charge is -2.38. The van der Waals surface area contributed by atoms with E-state index in [9.17, 15) is 4.79 Å². The molecule has 1 aromatic rings. The fourth-order valence-electron chi connectivity index (χ4n) is 2.47. The van der Waals surface area contributed by atoms with Crippen molar-refractivity contribution < 1.29 is 4.79 Å². The van der Waals surface area contributed by atoms with E-state index in [4.69, 9.17) is 0 Å². The number of hydrogen-bond acceptors (Lipinski definition) is 3. The van der Waals surface area contributed by atoms with Gasteiger partial charge in [0.25, 0.3) is 5.91 Å². The Morgan fingerprint density at radius 2 is 2.16 bits per heavy atom. The van der Waals surface area contributed by atoms with E-state index in [2.05, 4.69) is 24.1 Å². The highest BCUT2D eigenvalue weighted by Crippen LogP contribution is 2.34. The van der Waals surface area contributed by atoms with E-state index in [0.717, 1.165) is 31.6 Å². The maximum atomic E-state index is 12.4. The van der Waals surface area contributed by atoms with Crippen molar-refractivity contribution >= 4 is 11.6 Å². The van der Waals surface area contributed by atoms with Crippen molar-refractivity contribution in [3.63, 3.8) is 0 Å². The molecule has 0 radical (unpaired) electrons. The minimum Gasteiger partial charge on any atom is -0.388 e. The van der Waals surface area contributed by atoms with Crippen LogP contribution in [0.4, 0.5) is 5.69 Å². The first-order valence-electron chi connectivity index (χ1n) is 7.01. The highest BCUT2D eigenvalue weighted by molar-refractivity contribution is 5.93. The van der Waals surface area contributed by atoms with Gasteiger partial charge in [-0.05, 0) is 30.4 Å². The second-order valence-electron chi connectivity index (χ2n) is 5.64. The number of amides is 1. The number of anilines is 1. The van der Waals surface area contributed by atoms with Crippen LogP contribution in [0.3, 0.4) is 0 Å². The minimum atomic E-state index is 0.0512. The Morgan fingerprint density at radius 3 is 2.74 bits per heavy atom. The normalized spacial score (nSPS) is 18.2. The van der Waals surface area contributed by atoms with Gasteiger partial charge in [0.15, 0.2) is 0 Å². The highest BCUT2D eigenvalue weighted by Gasteiger charge is 2.30. The van der Waals surface area contributed by atoms with Gasteiger partial charge in [0, 0.05) is 32.0 Å². The number of carbonyl (C=O) groups excluding carboxylic acids is 1. The molecule has 4 nitrogen and oxygen atoms in total. The lowest BCUT2D eigenvalue weighted by molar-refractivity contribution is 0.0594. The molecule has 1 aliphatic heterocycles. The number of nitrogens with one attached hydrogen (secondary N) is 1. The molecule has 1 amide bonds. The van der Waals surface area contributed by atoms with Gasteiger partial charge in [-0.1, -0.05) is 20.3 Å². The molecule has 4 heteroatoms. The molecule has 1 N–H and O–H groups in total. The molecule has 0 spiro atoms. The number of hydrogen-bond donors (Lipinski definition) is 1. The summed E-state index contributed by atoms with van der Waals surface area (Å²) in [7, 11) is 1.84. The van der Waals surface area contributed by atoms with E-state index in [0.29, 0.717) is 11.1 Å². The van der Waals surface area contributed by atoms with Crippen LogP contribution in [-0.4, -0.2) is 35.9 Å². The summed E-state index contributed by atoms with van der Waals surface area (Å²) in [6.45, 7) is 6.23. The first-order chi connectivity index (χ1) is 9.08. The first kappa shape index (κ1) is 13.8. The third kappa shape index (κ3) is 3.06. The van der Waals surface area contributed by atoms with E-state index < -0.39 is 0 Å². The highest BCUT2D eigenvalue weighted by atomic mass is 16.2. The van der Waals surface area contributed by atoms with Crippen LogP contribution in [0, 0.1) is 5.41 Å². The van der Waals surface area contributed by atoms with Gasteiger partial charge >= 0.3 is 0 Å². The smallest absolute Gasteiger partial charge is 0.272 e. The monoisotopic (exact) mass is 261 g/mol. The van der Waals surface area contributed by atoms with Crippen molar-refractivity contribution in [2.24, 2.45) is 5.41 Å². The maximum absolute atomic E-state index is 12.4. The average molecular weight is 261 g/mol. The predicted octanol–water partition coefficient (Wildman–Crippen LogP) is 2.78. The van der Waals surface area contributed by atoms with Crippen molar-refractivity contribution in [3.8, 4) is 0 Å². The molecule has 0 atom stereocenters. The Balaban J connectivity index is 2.05. The molecular weight excluding hydrogens is 238 g/mol. The molecule has 104 valence electrons. The summed E-state index contributed by atoms with van der Waals surface area (Å²) in [5.41, 5.74) is 1.86. The SMILES string of the molecule is CCC1(C)CCN(C(=O)c2cc(NC)ccn2)CC1. The van der Waals surface area contributed by atoms with Gasteiger partial charge in [-0.15, -0.1) is 0 Å². The van der Waals surface area contributed by atoms with Gasteiger partial charge in [-0.3, -0.25) is 9.78 Å². The second-order valence-corrected chi connectivity index (χ2v) is 5.64. The summed E-state index contributed by atoms with van der Waals surface area (Å²) in [6.07, 6.45) is 5.03. The van der Waals surface area contributed by atoms with Gasteiger partial charge < -0.3 is 10.2 Å². The summed E-state index contributed by atoms with van der Waals surface area (Å²) in [4.78, 5) is 18.5. The zero-order valence-corrected chi connectivity index (χ0v) is 12.1. The average Bonchev–Trinajstić information content (AvgIpc) is 2.47. The van der Waals surface area contributed by atoms with Crippen LogP contribution in [0.5, 0.6) is 0 Å². The van der Waals surface area contributed by atoms with E-state index in [1.165, 1.54) is 6.42 Å². The summed E-state index contributed by atoms with van der Waals surface area (Å²) < 4.78 is 0. The summed E-state index contributed by atoms with van der Waals surface area (Å²) in [6, 6.07) is 3.68. The van der Waals surface area contributed by atoms with Gasteiger partial charge in [-0.2, -0.15) is 0 Å². The Hall–Kier alpha value is -1.58. The van der Waals surface area contributed by atoms with Gasteiger partial charge in [0.2, 0.25) is 0 Å². The van der Waals surface area contributed by atoms with Crippen molar-refractivity contribution in [1.29, 1.82) is 0 Å². The molecule has 0 unspecified atom stereocenters. The van der Waals surface area contributed by atoms with Crippen LogP contribution in [0.2, 0.25) is 0 Å². The summed E-state index contributed by atoms with van der Waals surface area (Å²) in [5.74, 6) is 0.0512. The fraction of sp³-hybridized carbons (Fsp3) is 0.600. The molecule has 1 aromatic heterocycles. The Labute approximate surface area is 115 Å². The Bertz CT molecular complexity index is 450. The molecule has 1 fully saturated rings. The molecule has 2 heterocycles. The third-order valence-electron chi connectivity index (χ3n) is 4.38. The third-order valence-corrected chi connectivity index (χ3v) is 4.38. The maximum Gasteiger partial charge on any atom is 0.272 e. The van der Waals surface area contributed by atoms with Gasteiger partial charge in [-0.25, -0.2) is 0 Å². The number of rotatable bonds is 3. The summed E-state index contributed by atoms with van der Waals surface area (Å²) >= 11 is 0. The quantitative estimate of drug-likeness (QED) is 0.910. The van der Waals surface area contributed by atoms with Crippen LogP contribution >= 0.6 is 0 Å². The molecule has 0 aromatic carbocycles. The van der Waals surface area contributed by atoms with E-state index in [1.807, 2.05) is 24.1 Å². The molecule has 2 rings (SSSR count). The number of aromatic nitrogens is 1. The number of piperidine rings is 1. The lowest BCUT2D eigenvalue weighted by atomic mass is 9.78. The molecule has 19 heavy (non-hydrogen) atoms. The zero-order valence-electron chi connectivity index (χ0n) is 12.1. The number of likely N-dealkylation sites (tertiary alicyclic amines) is 1. The number of carbonyl (C=O) groups is 1. The minimum absolute atomic E-state index is 0.0512. The molecular formula is C15H23N3O. The zero-order chi connectivity index (χ0) is 13.9. The van der Waals surface area contributed by atoms with Crippen LogP contribution in [0.15, 0.2) is 18.3 Å². The molecule has 1 aliphatic rings. The van der Waals surface area contributed by atoms with Crippen LogP contribution in [0.25, 0.3) is 0 Å². The largest absolute Gasteiger partial charge is 0.388 e. The van der Waals surface area contributed by atoms with Crippen LogP contribution < -0.4 is 5.32 Å². The Morgan fingerprint density at radius 1 is 1.47 bits per heavy atom.